The third kappa shape index (κ3) is 3.15. The maximum atomic E-state index is 13.3. The standard InChI is InChI=1S/C22H19N5O2S/c1-13-19(21(28)29-14(2)15-8-4-3-5-9-15)20(27-22(23-13)24-25-26-27)18-12-16-10-6-7-11-17(16)30-18/h3-12,14,20H,1-2H3,(H,23,24,26)/t14-,20?/m0/s1. The van der Waals surface area contributed by atoms with Gasteiger partial charge in [-0.15, -0.1) is 11.3 Å². The topological polar surface area (TPSA) is 81.9 Å². The van der Waals surface area contributed by atoms with E-state index in [4.69, 9.17) is 4.74 Å². The number of hydrogen-bond acceptors (Lipinski definition) is 7. The van der Waals surface area contributed by atoms with E-state index in [9.17, 15) is 4.79 Å². The van der Waals surface area contributed by atoms with Crippen molar-refractivity contribution < 1.29 is 9.53 Å². The number of carbonyl (C=O) groups excluding carboxylic acids is 1. The van der Waals surface area contributed by atoms with E-state index in [0.717, 1.165) is 20.5 Å². The third-order valence-electron chi connectivity index (χ3n) is 5.20. The van der Waals surface area contributed by atoms with Crippen LogP contribution in [0.4, 0.5) is 5.95 Å². The molecule has 2 aromatic carbocycles. The van der Waals surface area contributed by atoms with Crippen LogP contribution in [0.1, 0.15) is 36.4 Å². The van der Waals surface area contributed by atoms with Crippen molar-refractivity contribution in [2.45, 2.75) is 26.0 Å². The highest BCUT2D eigenvalue weighted by molar-refractivity contribution is 7.19. The molecule has 2 atom stereocenters. The summed E-state index contributed by atoms with van der Waals surface area (Å²) in [5.41, 5.74) is 2.13. The van der Waals surface area contributed by atoms with Crippen molar-refractivity contribution in [3.63, 3.8) is 0 Å². The first-order valence-corrected chi connectivity index (χ1v) is 10.4. The van der Waals surface area contributed by atoms with Crippen molar-refractivity contribution in [2.24, 2.45) is 0 Å². The van der Waals surface area contributed by atoms with Gasteiger partial charge in [0.15, 0.2) is 0 Å². The summed E-state index contributed by atoms with van der Waals surface area (Å²) >= 11 is 1.62. The number of fused-ring (bicyclic) bond motifs is 2. The van der Waals surface area contributed by atoms with E-state index >= 15 is 0 Å². The number of esters is 1. The van der Waals surface area contributed by atoms with Gasteiger partial charge in [-0.05, 0) is 47.4 Å². The average Bonchev–Trinajstić information content (AvgIpc) is 3.39. The normalized spacial score (nSPS) is 16.8. The second-order valence-corrected chi connectivity index (χ2v) is 8.27. The first kappa shape index (κ1) is 18.5. The maximum absolute atomic E-state index is 13.3. The summed E-state index contributed by atoms with van der Waals surface area (Å²) in [6.45, 7) is 3.72. The highest BCUT2D eigenvalue weighted by Crippen LogP contribution is 2.40. The molecule has 0 fully saturated rings. The van der Waals surface area contributed by atoms with E-state index < -0.39 is 6.04 Å². The largest absolute Gasteiger partial charge is 0.454 e. The van der Waals surface area contributed by atoms with Gasteiger partial charge in [-0.25, -0.2) is 4.79 Å². The lowest BCUT2D eigenvalue weighted by Gasteiger charge is -2.27. The highest BCUT2D eigenvalue weighted by atomic mass is 32.1. The SMILES string of the molecule is CC1=C(C(=O)O[C@@H](C)c2ccccc2)C(c2cc3ccccc3s2)n2nnnc2N1. The molecule has 1 aliphatic heterocycles. The van der Waals surface area contributed by atoms with Crippen molar-refractivity contribution >= 4 is 33.3 Å². The van der Waals surface area contributed by atoms with Crippen LogP contribution in [0.3, 0.4) is 0 Å². The van der Waals surface area contributed by atoms with Gasteiger partial charge in [0.2, 0.25) is 5.95 Å². The van der Waals surface area contributed by atoms with Crippen LogP contribution < -0.4 is 5.32 Å². The molecule has 1 unspecified atom stereocenters. The molecule has 5 rings (SSSR count). The number of carbonyl (C=O) groups is 1. The molecule has 1 N–H and O–H groups in total. The Labute approximate surface area is 177 Å². The summed E-state index contributed by atoms with van der Waals surface area (Å²) in [7, 11) is 0. The monoisotopic (exact) mass is 417 g/mol. The molecular formula is C22H19N5O2S. The zero-order valence-corrected chi connectivity index (χ0v) is 17.3. The summed E-state index contributed by atoms with van der Waals surface area (Å²) in [6, 6.07) is 19.5. The number of rotatable bonds is 4. The molecule has 4 aromatic rings. The number of ether oxygens (including phenoxy) is 1. The quantitative estimate of drug-likeness (QED) is 0.493. The van der Waals surface area contributed by atoms with Crippen LogP contribution in [-0.2, 0) is 9.53 Å². The Morgan fingerprint density at radius 3 is 2.73 bits per heavy atom. The lowest BCUT2D eigenvalue weighted by atomic mass is 10.0. The molecule has 8 heteroatoms. The molecule has 0 spiro atoms. The fourth-order valence-corrected chi connectivity index (χ4v) is 4.85. The molecule has 2 aromatic heterocycles. The van der Waals surface area contributed by atoms with Gasteiger partial charge in [0, 0.05) is 15.3 Å². The van der Waals surface area contributed by atoms with Gasteiger partial charge >= 0.3 is 5.97 Å². The number of nitrogens with one attached hydrogen (secondary N) is 1. The number of nitrogens with zero attached hydrogens (tertiary/aromatic N) is 4. The number of benzene rings is 2. The number of aromatic nitrogens is 4. The van der Waals surface area contributed by atoms with Crippen molar-refractivity contribution in [1.82, 2.24) is 20.2 Å². The minimum atomic E-state index is -0.455. The third-order valence-corrected chi connectivity index (χ3v) is 6.37. The Hall–Kier alpha value is -3.52. The molecule has 7 nitrogen and oxygen atoms in total. The van der Waals surface area contributed by atoms with Crippen LogP contribution >= 0.6 is 11.3 Å². The van der Waals surface area contributed by atoms with Crippen LogP contribution in [0.15, 0.2) is 71.9 Å². The first-order valence-electron chi connectivity index (χ1n) is 9.62. The molecule has 1 aliphatic rings. The smallest absolute Gasteiger partial charge is 0.338 e. The number of anilines is 1. The summed E-state index contributed by atoms with van der Waals surface area (Å²) in [5.74, 6) is 0.113. The lowest BCUT2D eigenvalue weighted by molar-refractivity contribution is -0.144. The van der Waals surface area contributed by atoms with Crippen LogP contribution in [0, 0.1) is 0 Å². The Morgan fingerprint density at radius 1 is 1.17 bits per heavy atom. The van der Waals surface area contributed by atoms with Crippen LogP contribution in [0.2, 0.25) is 0 Å². The molecular weight excluding hydrogens is 398 g/mol. The molecule has 3 heterocycles. The molecule has 150 valence electrons. The Balaban J connectivity index is 1.55. The van der Waals surface area contributed by atoms with Crippen molar-refractivity contribution in [1.29, 1.82) is 0 Å². The minimum absolute atomic E-state index is 0.377. The lowest BCUT2D eigenvalue weighted by Crippen LogP contribution is -2.29. The summed E-state index contributed by atoms with van der Waals surface area (Å²) < 4.78 is 8.63. The molecule has 0 saturated heterocycles. The van der Waals surface area contributed by atoms with E-state index in [0.29, 0.717) is 17.2 Å². The van der Waals surface area contributed by atoms with Crippen LogP contribution in [0.25, 0.3) is 10.1 Å². The predicted octanol–water partition coefficient (Wildman–Crippen LogP) is 4.48. The van der Waals surface area contributed by atoms with E-state index in [-0.39, 0.29) is 12.1 Å². The highest BCUT2D eigenvalue weighted by Gasteiger charge is 2.36. The van der Waals surface area contributed by atoms with Crippen LogP contribution in [0.5, 0.6) is 0 Å². The van der Waals surface area contributed by atoms with Gasteiger partial charge in [0.05, 0.1) is 5.57 Å². The fraction of sp³-hybridized carbons (Fsp3) is 0.182. The van der Waals surface area contributed by atoms with Gasteiger partial charge in [0.25, 0.3) is 0 Å². The summed E-state index contributed by atoms with van der Waals surface area (Å²) in [6.07, 6.45) is -0.377. The molecule has 0 bridgehead atoms. The Morgan fingerprint density at radius 2 is 1.93 bits per heavy atom. The average molecular weight is 417 g/mol. The van der Waals surface area contributed by atoms with E-state index in [2.05, 4.69) is 39.0 Å². The molecule has 0 saturated carbocycles. The summed E-state index contributed by atoms with van der Waals surface area (Å²) in [4.78, 5) is 14.3. The van der Waals surface area contributed by atoms with Crippen molar-refractivity contribution in [3.8, 4) is 0 Å². The second kappa shape index (κ2) is 7.38. The van der Waals surface area contributed by atoms with Crippen molar-refractivity contribution in [3.05, 3.63) is 82.4 Å². The molecule has 0 amide bonds. The Kier molecular flexibility index (Phi) is 4.55. The number of hydrogen-bond donors (Lipinski definition) is 1. The summed E-state index contributed by atoms with van der Waals surface area (Å²) in [5, 5.41) is 16.2. The number of allylic oxidation sites excluding steroid dienone is 1. The molecule has 30 heavy (non-hydrogen) atoms. The molecule has 0 radical (unpaired) electrons. The van der Waals surface area contributed by atoms with Gasteiger partial charge in [-0.3, -0.25) is 0 Å². The minimum Gasteiger partial charge on any atom is -0.454 e. The zero-order valence-electron chi connectivity index (χ0n) is 16.4. The van der Waals surface area contributed by atoms with Gasteiger partial charge < -0.3 is 10.1 Å². The van der Waals surface area contributed by atoms with Crippen molar-refractivity contribution in [2.75, 3.05) is 5.32 Å². The second-order valence-electron chi connectivity index (χ2n) is 7.16. The Bertz CT molecular complexity index is 1230. The van der Waals surface area contributed by atoms with E-state index in [1.807, 2.05) is 56.3 Å². The first-order chi connectivity index (χ1) is 14.6. The van der Waals surface area contributed by atoms with Crippen LogP contribution in [-0.4, -0.2) is 26.2 Å². The fourth-order valence-electron chi connectivity index (χ4n) is 3.69. The van der Waals surface area contributed by atoms with E-state index in [1.165, 1.54) is 0 Å². The van der Waals surface area contributed by atoms with Gasteiger partial charge in [-0.1, -0.05) is 53.6 Å². The van der Waals surface area contributed by atoms with Gasteiger partial charge in [-0.2, -0.15) is 4.68 Å². The zero-order chi connectivity index (χ0) is 20.7. The number of thiophene rings is 1. The van der Waals surface area contributed by atoms with Gasteiger partial charge in [0.1, 0.15) is 12.1 Å². The maximum Gasteiger partial charge on any atom is 0.338 e. The molecule has 0 aliphatic carbocycles. The predicted molar refractivity (Wildman–Crippen MR) is 115 cm³/mol. The van der Waals surface area contributed by atoms with E-state index in [1.54, 1.807) is 16.0 Å². The number of tetrazole rings is 1.